The summed E-state index contributed by atoms with van der Waals surface area (Å²) in [5.41, 5.74) is 2.93. The van der Waals surface area contributed by atoms with Crippen LogP contribution in [-0.4, -0.2) is 39.4 Å². The third kappa shape index (κ3) is 3.12. The molecule has 104 valence electrons. The molecule has 2 fully saturated rings. The molecule has 3 nitrogen and oxygen atoms in total. The molecule has 0 spiro atoms. The average molecular weight is 325 g/mol. The Morgan fingerprint density at radius 2 is 1.89 bits per heavy atom. The molecule has 3 rings (SSSR count). The lowest BCUT2D eigenvalue weighted by Crippen LogP contribution is -2.37. The molecular weight excluding hydrogens is 304 g/mol. The summed E-state index contributed by atoms with van der Waals surface area (Å²) in [7, 11) is 0. The molecule has 0 aromatic heterocycles. The van der Waals surface area contributed by atoms with Crippen molar-refractivity contribution in [2.75, 3.05) is 44.3 Å². The van der Waals surface area contributed by atoms with E-state index in [1.54, 1.807) is 0 Å². The Labute approximate surface area is 123 Å². The minimum absolute atomic E-state index is 0.691. The van der Waals surface area contributed by atoms with E-state index in [0.717, 1.165) is 39.4 Å². The Hall–Kier alpha value is -0.580. The van der Waals surface area contributed by atoms with Crippen molar-refractivity contribution in [2.45, 2.75) is 18.8 Å². The zero-order chi connectivity index (χ0) is 13.1. The molecule has 0 unspecified atom stereocenters. The van der Waals surface area contributed by atoms with Crippen LogP contribution < -0.4 is 10.2 Å². The van der Waals surface area contributed by atoms with Crippen molar-refractivity contribution >= 4 is 21.6 Å². The van der Waals surface area contributed by atoms with Gasteiger partial charge < -0.3 is 15.0 Å². The van der Waals surface area contributed by atoms with Gasteiger partial charge >= 0.3 is 0 Å². The predicted octanol–water partition coefficient (Wildman–Crippen LogP) is 2.75. The molecule has 2 aliphatic heterocycles. The topological polar surface area (TPSA) is 24.5 Å². The van der Waals surface area contributed by atoms with Crippen molar-refractivity contribution in [1.82, 2.24) is 5.32 Å². The van der Waals surface area contributed by atoms with Gasteiger partial charge in [0.25, 0.3) is 0 Å². The number of hydrogen-bond donors (Lipinski definition) is 1. The number of hydrogen-bond acceptors (Lipinski definition) is 3. The number of halogens is 1. The van der Waals surface area contributed by atoms with E-state index >= 15 is 0 Å². The van der Waals surface area contributed by atoms with E-state index in [0.29, 0.717) is 5.92 Å². The number of rotatable bonds is 2. The van der Waals surface area contributed by atoms with Crippen LogP contribution in [0.25, 0.3) is 0 Å². The second-order valence-electron chi connectivity index (χ2n) is 5.33. The molecule has 2 saturated heterocycles. The molecule has 19 heavy (non-hydrogen) atoms. The fraction of sp³-hybridized carbons (Fsp3) is 0.600. The number of morpholine rings is 1. The normalized spacial score (nSPS) is 21.6. The number of anilines is 1. The summed E-state index contributed by atoms with van der Waals surface area (Å²) < 4.78 is 6.66. The van der Waals surface area contributed by atoms with Crippen LogP contribution >= 0.6 is 15.9 Å². The van der Waals surface area contributed by atoms with Gasteiger partial charge in [-0.15, -0.1) is 0 Å². The molecule has 1 aromatic carbocycles. The predicted molar refractivity (Wildman–Crippen MR) is 82.0 cm³/mol. The second kappa shape index (κ2) is 6.25. The van der Waals surface area contributed by atoms with Crippen LogP contribution in [0.4, 0.5) is 5.69 Å². The van der Waals surface area contributed by atoms with Gasteiger partial charge in [0, 0.05) is 23.2 Å². The highest BCUT2D eigenvalue weighted by molar-refractivity contribution is 9.10. The van der Waals surface area contributed by atoms with Crippen molar-refractivity contribution < 1.29 is 4.74 Å². The van der Waals surface area contributed by atoms with Gasteiger partial charge in [-0.3, -0.25) is 0 Å². The third-order valence-corrected chi connectivity index (χ3v) is 4.61. The van der Waals surface area contributed by atoms with E-state index in [1.165, 1.54) is 28.6 Å². The molecule has 1 N–H and O–H groups in total. The Bertz CT molecular complexity index is 426. The third-order valence-electron chi connectivity index (χ3n) is 4.12. The van der Waals surface area contributed by atoms with Crippen molar-refractivity contribution in [3.63, 3.8) is 0 Å². The first-order valence-corrected chi connectivity index (χ1v) is 7.97. The van der Waals surface area contributed by atoms with Crippen LogP contribution in [0.1, 0.15) is 24.3 Å². The molecule has 4 heteroatoms. The molecule has 0 aliphatic carbocycles. The standard InChI is InChI=1S/C15H21BrN2O/c16-13-1-2-15(18-7-9-19-10-8-18)14(11-13)12-3-5-17-6-4-12/h1-2,11-12,17H,3-10H2. The van der Waals surface area contributed by atoms with E-state index in [-0.39, 0.29) is 0 Å². The van der Waals surface area contributed by atoms with Gasteiger partial charge in [-0.2, -0.15) is 0 Å². The summed E-state index contributed by atoms with van der Waals surface area (Å²) in [5.74, 6) is 0.691. The van der Waals surface area contributed by atoms with E-state index < -0.39 is 0 Å². The highest BCUT2D eigenvalue weighted by atomic mass is 79.9. The van der Waals surface area contributed by atoms with Gasteiger partial charge in [0.1, 0.15) is 0 Å². The first kappa shape index (κ1) is 13.4. The molecule has 0 saturated carbocycles. The maximum absolute atomic E-state index is 5.47. The molecule has 0 radical (unpaired) electrons. The van der Waals surface area contributed by atoms with E-state index in [9.17, 15) is 0 Å². The molecule has 0 amide bonds. The lowest BCUT2D eigenvalue weighted by atomic mass is 9.88. The van der Waals surface area contributed by atoms with Gasteiger partial charge in [-0.25, -0.2) is 0 Å². The largest absolute Gasteiger partial charge is 0.378 e. The van der Waals surface area contributed by atoms with E-state index in [4.69, 9.17) is 4.74 Å². The zero-order valence-corrected chi connectivity index (χ0v) is 12.8. The van der Waals surface area contributed by atoms with Gasteiger partial charge in [-0.1, -0.05) is 15.9 Å². The van der Waals surface area contributed by atoms with Crippen LogP contribution in [0.5, 0.6) is 0 Å². The Morgan fingerprint density at radius 1 is 1.16 bits per heavy atom. The second-order valence-corrected chi connectivity index (χ2v) is 6.24. The number of benzene rings is 1. The van der Waals surface area contributed by atoms with Crippen LogP contribution in [0, 0.1) is 0 Å². The number of piperidine rings is 1. The fourth-order valence-corrected chi connectivity index (χ4v) is 3.46. The average Bonchev–Trinajstić information content (AvgIpc) is 2.49. The highest BCUT2D eigenvalue weighted by Gasteiger charge is 2.22. The lowest BCUT2D eigenvalue weighted by molar-refractivity contribution is 0.122. The maximum Gasteiger partial charge on any atom is 0.0642 e. The van der Waals surface area contributed by atoms with Gasteiger partial charge in [0.15, 0.2) is 0 Å². The smallest absolute Gasteiger partial charge is 0.0642 e. The number of ether oxygens (including phenoxy) is 1. The van der Waals surface area contributed by atoms with Gasteiger partial charge in [-0.05, 0) is 55.6 Å². The van der Waals surface area contributed by atoms with Crippen LogP contribution in [-0.2, 0) is 4.74 Å². The van der Waals surface area contributed by atoms with E-state index in [1.807, 2.05) is 0 Å². The summed E-state index contributed by atoms with van der Waals surface area (Å²) in [5, 5.41) is 3.45. The lowest BCUT2D eigenvalue weighted by Gasteiger charge is -2.33. The Morgan fingerprint density at radius 3 is 2.63 bits per heavy atom. The summed E-state index contributed by atoms with van der Waals surface area (Å²) in [6.07, 6.45) is 2.49. The van der Waals surface area contributed by atoms with Gasteiger partial charge in [0.2, 0.25) is 0 Å². The summed E-state index contributed by atoms with van der Waals surface area (Å²) >= 11 is 3.63. The van der Waals surface area contributed by atoms with Crippen LogP contribution in [0.15, 0.2) is 22.7 Å². The molecular formula is C15H21BrN2O. The highest BCUT2D eigenvalue weighted by Crippen LogP contribution is 2.35. The molecule has 0 bridgehead atoms. The molecule has 1 aromatic rings. The molecule has 2 heterocycles. The van der Waals surface area contributed by atoms with Gasteiger partial charge in [0.05, 0.1) is 13.2 Å². The van der Waals surface area contributed by atoms with Crippen molar-refractivity contribution in [1.29, 1.82) is 0 Å². The summed E-state index contributed by atoms with van der Waals surface area (Å²) in [6.45, 7) is 6.00. The Balaban J connectivity index is 1.88. The monoisotopic (exact) mass is 324 g/mol. The van der Waals surface area contributed by atoms with E-state index in [2.05, 4.69) is 44.3 Å². The fourth-order valence-electron chi connectivity index (χ4n) is 3.08. The van der Waals surface area contributed by atoms with Crippen LogP contribution in [0.3, 0.4) is 0 Å². The van der Waals surface area contributed by atoms with Crippen molar-refractivity contribution in [3.8, 4) is 0 Å². The van der Waals surface area contributed by atoms with Crippen molar-refractivity contribution in [3.05, 3.63) is 28.2 Å². The minimum atomic E-state index is 0.691. The first-order valence-electron chi connectivity index (χ1n) is 7.17. The maximum atomic E-state index is 5.47. The summed E-state index contributed by atoms with van der Waals surface area (Å²) in [6, 6.07) is 6.75. The Kier molecular flexibility index (Phi) is 4.41. The molecule has 2 aliphatic rings. The zero-order valence-electron chi connectivity index (χ0n) is 11.2. The first-order chi connectivity index (χ1) is 9.34. The molecule has 0 atom stereocenters. The van der Waals surface area contributed by atoms with Crippen molar-refractivity contribution in [2.24, 2.45) is 0 Å². The number of nitrogens with zero attached hydrogens (tertiary/aromatic N) is 1. The number of nitrogens with one attached hydrogen (secondary N) is 1. The SMILES string of the molecule is Brc1ccc(N2CCOCC2)c(C2CCNCC2)c1. The minimum Gasteiger partial charge on any atom is -0.378 e. The summed E-state index contributed by atoms with van der Waals surface area (Å²) in [4.78, 5) is 2.48. The van der Waals surface area contributed by atoms with Crippen LogP contribution in [0.2, 0.25) is 0 Å². The quantitative estimate of drug-likeness (QED) is 0.905.